The number of H-pyrrole nitrogens is 1. The van der Waals surface area contributed by atoms with Crippen molar-refractivity contribution in [3.63, 3.8) is 0 Å². The molecule has 4 nitrogen and oxygen atoms in total. The Hall–Kier alpha value is -3.06. The van der Waals surface area contributed by atoms with Crippen molar-refractivity contribution in [2.24, 2.45) is 0 Å². The van der Waals surface area contributed by atoms with Gasteiger partial charge in [0.1, 0.15) is 0 Å². The number of aromatic nitrogens is 2. The summed E-state index contributed by atoms with van der Waals surface area (Å²) >= 11 is 0. The number of hydrogen-bond acceptors (Lipinski definition) is 2. The van der Waals surface area contributed by atoms with E-state index in [1.165, 1.54) is 22.4 Å². The molecule has 1 fully saturated rings. The molecule has 0 aliphatic heterocycles. The second kappa shape index (κ2) is 6.83. The van der Waals surface area contributed by atoms with Crippen molar-refractivity contribution in [2.75, 3.05) is 11.9 Å². The van der Waals surface area contributed by atoms with Crippen LogP contribution in [0.3, 0.4) is 0 Å². The minimum atomic E-state index is -0.275. The van der Waals surface area contributed by atoms with Crippen LogP contribution in [0.1, 0.15) is 41.8 Å². The fourth-order valence-corrected chi connectivity index (χ4v) is 4.21. The second-order valence-electron chi connectivity index (χ2n) is 7.91. The molecule has 0 bridgehead atoms. The lowest BCUT2D eigenvalue weighted by Crippen LogP contribution is -2.30. The molecule has 0 saturated heterocycles. The van der Waals surface area contributed by atoms with Gasteiger partial charge < -0.3 is 9.74 Å². The van der Waals surface area contributed by atoms with E-state index in [0.29, 0.717) is 0 Å². The Kier molecular flexibility index (Phi) is 4.47. The summed E-state index contributed by atoms with van der Waals surface area (Å²) in [6, 6.07) is 15.1. The van der Waals surface area contributed by atoms with Crippen LogP contribution in [-0.2, 0) is 5.54 Å². The smallest absolute Gasteiger partial charge is 0.257 e. The molecule has 3 aromatic rings. The molecule has 0 unspecified atom stereocenters. The fourth-order valence-electron chi connectivity index (χ4n) is 4.21. The van der Waals surface area contributed by atoms with Crippen LogP contribution in [0.15, 0.2) is 42.5 Å². The highest BCUT2D eigenvalue weighted by molar-refractivity contribution is 5.76. The average Bonchev–Trinajstić information content (AvgIpc) is 3.00. The van der Waals surface area contributed by atoms with Gasteiger partial charge >= 0.3 is 0 Å². The van der Waals surface area contributed by atoms with E-state index >= 15 is 0 Å². The molecule has 1 aliphatic carbocycles. The van der Waals surface area contributed by atoms with Crippen molar-refractivity contribution in [1.82, 2.24) is 10.2 Å². The summed E-state index contributed by atoms with van der Waals surface area (Å²) in [4.78, 5) is 6.15. The monoisotopic (exact) mass is 370 g/mol. The number of aromatic amines is 1. The minimum absolute atomic E-state index is 0.275. The zero-order chi connectivity index (χ0) is 19.9. The van der Waals surface area contributed by atoms with Gasteiger partial charge in [-0.05, 0) is 68.7 Å². The van der Waals surface area contributed by atoms with Crippen LogP contribution in [0.2, 0.25) is 0 Å². The van der Waals surface area contributed by atoms with Gasteiger partial charge in [0, 0.05) is 48.1 Å². The van der Waals surface area contributed by atoms with Crippen molar-refractivity contribution >= 4 is 11.4 Å². The molecule has 0 amide bonds. The fraction of sp³-hybridized carbons (Fsp3) is 0.333. The van der Waals surface area contributed by atoms with Gasteiger partial charge in [-0.25, -0.2) is 6.57 Å². The van der Waals surface area contributed by atoms with Crippen molar-refractivity contribution in [3.05, 3.63) is 76.4 Å². The first-order valence-corrected chi connectivity index (χ1v) is 9.81. The third kappa shape index (κ3) is 2.88. The first kappa shape index (κ1) is 18.3. The first-order chi connectivity index (χ1) is 13.4. The summed E-state index contributed by atoms with van der Waals surface area (Å²) < 4.78 is 0. The highest BCUT2D eigenvalue weighted by Crippen LogP contribution is 2.45. The van der Waals surface area contributed by atoms with Crippen LogP contribution in [0.5, 0.6) is 0 Å². The van der Waals surface area contributed by atoms with E-state index < -0.39 is 0 Å². The summed E-state index contributed by atoms with van der Waals surface area (Å²) in [7, 11) is 2.10. The van der Waals surface area contributed by atoms with Crippen molar-refractivity contribution in [2.45, 2.75) is 45.6 Å². The van der Waals surface area contributed by atoms with Gasteiger partial charge in [-0.15, -0.1) is 0 Å². The lowest BCUT2D eigenvalue weighted by Gasteiger charge is -2.31. The number of nitrogens with one attached hydrogen (secondary N) is 1. The topological polar surface area (TPSA) is 36.3 Å². The van der Waals surface area contributed by atoms with E-state index in [9.17, 15) is 0 Å². The third-order valence-corrected chi connectivity index (χ3v) is 6.17. The van der Waals surface area contributed by atoms with E-state index in [4.69, 9.17) is 6.57 Å². The molecule has 28 heavy (non-hydrogen) atoms. The maximum Gasteiger partial charge on any atom is 0.257 e. The van der Waals surface area contributed by atoms with E-state index in [-0.39, 0.29) is 5.54 Å². The zero-order valence-electron chi connectivity index (χ0n) is 17.0. The number of rotatable bonds is 4. The summed E-state index contributed by atoms with van der Waals surface area (Å²) in [5.41, 5.74) is 8.87. The Labute approximate surface area is 167 Å². The number of aryl methyl sites for hydroxylation is 3. The summed E-state index contributed by atoms with van der Waals surface area (Å²) in [6.45, 7) is 13.8. The molecule has 1 aliphatic rings. The van der Waals surface area contributed by atoms with Crippen LogP contribution in [-0.4, -0.2) is 17.2 Å². The molecule has 1 N–H and O–H groups in total. The molecule has 4 rings (SSSR count). The quantitative estimate of drug-likeness (QED) is 0.566. The predicted molar refractivity (Wildman–Crippen MR) is 115 cm³/mol. The summed E-state index contributed by atoms with van der Waals surface area (Å²) in [6.07, 6.45) is 3.12. The minimum Gasteiger partial charge on any atom is -0.344 e. The zero-order valence-corrected chi connectivity index (χ0v) is 17.0. The van der Waals surface area contributed by atoms with Gasteiger partial charge in [-0.1, -0.05) is 12.1 Å². The molecule has 4 heteroatoms. The number of benzene rings is 2. The van der Waals surface area contributed by atoms with Crippen molar-refractivity contribution in [1.29, 1.82) is 0 Å². The molecule has 0 spiro atoms. The summed E-state index contributed by atoms with van der Waals surface area (Å²) in [5.74, 6) is 0. The van der Waals surface area contributed by atoms with Crippen LogP contribution in [0, 0.1) is 27.3 Å². The van der Waals surface area contributed by atoms with Gasteiger partial charge in [0.2, 0.25) is 0 Å². The first-order valence-electron chi connectivity index (χ1n) is 9.81. The largest absolute Gasteiger partial charge is 0.344 e. The van der Waals surface area contributed by atoms with E-state index in [1.54, 1.807) is 0 Å². The molecule has 2 aromatic carbocycles. The Morgan fingerprint density at radius 2 is 1.79 bits per heavy atom. The molecule has 0 atom stereocenters. The van der Waals surface area contributed by atoms with Crippen LogP contribution < -0.4 is 4.90 Å². The standard InChI is InChI=1S/C24H26N4/c1-16-7-8-19(23-17(2)26-27-18(23)3)15-22(16)28(5)21-11-9-20(10-12-21)24(25-4)13-6-14-24/h7-12,15H,6,13-14H2,1-3,5H3,(H,26,27). The van der Waals surface area contributed by atoms with E-state index in [0.717, 1.165) is 41.9 Å². The maximum absolute atomic E-state index is 7.58. The van der Waals surface area contributed by atoms with Gasteiger partial charge in [-0.2, -0.15) is 5.10 Å². The SMILES string of the molecule is [C-]#[N+]C1(c2ccc(N(C)c3cc(-c4c(C)n[nH]c4C)ccc3C)cc2)CCC1. The van der Waals surface area contributed by atoms with E-state index in [2.05, 4.69) is 83.3 Å². The van der Waals surface area contributed by atoms with Crippen molar-refractivity contribution < 1.29 is 0 Å². The van der Waals surface area contributed by atoms with Crippen molar-refractivity contribution in [3.8, 4) is 11.1 Å². The molecule has 1 aromatic heterocycles. The predicted octanol–water partition coefficient (Wildman–Crippen LogP) is 6.07. The number of nitrogens with zero attached hydrogens (tertiary/aromatic N) is 3. The number of hydrogen-bond donors (Lipinski definition) is 1. The molecule has 1 heterocycles. The Balaban J connectivity index is 1.67. The lowest BCUT2D eigenvalue weighted by molar-refractivity contribution is 0.310. The highest BCUT2D eigenvalue weighted by Gasteiger charge is 2.45. The Morgan fingerprint density at radius 1 is 1.07 bits per heavy atom. The second-order valence-corrected chi connectivity index (χ2v) is 7.91. The highest BCUT2D eigenvalue weighted by atomic mass is 15.1. The van der Waals surface area contributed by atoms with Crippen LogP contribution in [0.4, 0.5) is 11.4 Å². The summed E-state index contributed by atoms with van der Waals surface area (Å²) in [5, 5.41) is 7.42. The van der Waals surface area contributed by atoms with E-state index in [1.807, 2.05) is 6.92 Å². The third-order valence-electron chi connectivity index (χ3n) is 6.17. The Bertz CT molecular complexity index is 1030. The van der Waals surface area contributed by atoms with Crippen LogP contribution in [0.25, 0.3) is 16.0 Å². The molecular formula is C24H26N4. The molecule has 142 valence electrons. The normalized spacial score (nSPS) is 15.0. The van der Waals surface area contributed by atoms with Gasteiger partial charge in [0.05, 0.1) is 5.69 Å². The Morgan fingerprint density at radius 3 is 2.32 bits per heavy atom. The average molecular weight is 371 g/mol. The maximum atomic E-state index is 7.58. The van der Waals surface area contributed by atoms with Gasteiger partial charge in [0.25, 0.3) is 5.54 Å². The molecule has 0 radical (unpaired) electrons. The van der Waals surface area contributed by atoms with Gasteiger partial charge in [-0.3, -0.25) is 5.10 Å². The van der Waals surface area contributed by atoms with Crippen LogP contribution >= 0.6 is 0 Å². The van der Waals surface area contributed by atoms with Gasteiger partial charge in [0.15, 0.2) is 0 Å². The molecular weight excluding hydrogens is 344 g/mol. The number of anilines is 2. The lowest BCUT2D eigenvalue weighted by atomic mass is 9.72. The molecule has 1 saturated carbocycles.